The molecule has 1 unspecified atom stereocenters. The number of carbonyl (C=O) groups excluding carboxylic acids is 3. The van der Waals surface area contributed by atoms with Crippen LogP contribution in [0.25, 0.3) is 0 Å². The highest BCUT2D eigenvalue weighted by atomic mass is 35.5. The molecule has 0 aromatic heterocycles. The summed E-state index contributed by atoms with van der Waals surface area (Å²) in [6, 6.07) is 14.1. The van der Waals surface area contributed by atoms with Crippen LogP contribution in [-0.2, 0) is 14.3 Å². The predicted octanol–water partition coefficient (Wildman–Crippen LogP) is 3.67. The molecule has 8 heteroatoms. The summed E-state index contributed by atoms with van der Waals surface area (Å²) in [6.07, 6.45) is 1.88. The Labute approximate surface area is 196 Å². The third-order valence-corrected chi connectivity index (χ3v) is 6.02. The molecule has 170 valence electrons. The second-order valence-corrected chi connectivity index (χ2v) is 8.11. The van der Waals surface area contributed by atoms with Crippen LogP contribution >= 0.6 is 11.6 Å². The molecule has 0 radical (unpaired) electrons. The van der Waals surface area contributed by atoms with Crippen molar-refractivity contribution >= 4 is 29.4 Å². The highest BCUT2D eigenvalue weighted by Gasteiger charge is 2.35. The van der Waals surface area contributed by atoms with Crippen molar-refractivity contribution in [2.45, 2.75) is 12.8 Å². The van der Waals surface area contributed by atoms with Crippen molar-refractivity contribution in [1.29, 1.82) is 0 Å². The Bertz CT molecular complexity index is 1150. The van der Waals surface area contributed by atoms with Gasteiger partial charge in [-0.15, -0.1) is 0 Å². The van der Waals surface area contributed by atoms with Crippen LogP contribution in [0.5, 0.6) is 0 Å². The quantitative estimate of drug-likeness (QED) is 0.381. The molecule has 2 aliphatic heterocycles. The number of carbonyl (C=O) groups is 3. The molecule has 1 atom stereocenters. The van der Waals surface area contributed by atoms with Crippen LogP contribution < -0.4 is 5.32 Å². The molecule has 2 aromatic rings. The Balaban J connectivity index is 1.43. The number of nitrogens with zero attached hydrogens (tertiary/aromatic N) is 1. The van der Waals surface area contributed by atoms with E-state index in [9.17, 15) is 14.4 Å². The van der Waals surface area contributed by atoms with Crippen molar-refractivity contribution in [2.24, 2.45) is 0 Å². The number of halogens is 1. The highest BCUT2D eigenvalue weighted by Crippen LogP contribution is 2.36. The zero-order chi connectivity index (χ0) is 23.5. The van der Waals surface area contributed by atoms with E-state index in [0.717, 1.165) is 11.3 Å². The topological polar surface area (TPSA) is 84.9 Å². The first-order valence-corrected chi connectivity index (χ1v) is 10.8. The number of hydrogen-bond donors (Lipinski definition) is 1. The number of ether oxygens (including phenoxy) is 2. The van der Waals surface area contributed by atoms with E-state index < -0.39 is 11.9 Å². The maximum Gasteiger partial charge on any atom is 0.336 e. The van der Waals surface area contributed by atoms with E-state index in [2.05, 4.69) is 5.32 Å². The minimum atomic E-state index is -0.438. The van der Waals surface area contributed by atoms with E-state index >= 15 is 0 Å². The van der Waals surface area contributed by atoms with Crippen molar-refractivity contribution in [3.8, 4) is 0 Å². The predicted molar refractivity (Wildman–Crippen MR) is 123 cm³/mol. The number of benzene rings is 2. The number of amides is 2. The van der Waals surface area contributed by atoms with Crippen LogP contribution in [0.1, 0.15) is 39.1 Å². The van der Waals surface area contributed by atoms with Gasteiger partial charge in [-0.3, -0.25) is 14.5 Å². The highest BCUT2D eigenvalue weighted by molar-refractivity contribution is 6.31. The lowest BCUT2D eigenvalue weighted by atomic mass is 9.86. The van der Waals surface area contributed by atoms with Crippen molar-refractivity contribution < 1.29 is 23.9 Å². The fourth-order valence-corrected chi connectivity index (χ4v) is 4.35. The van der Waals surface area contributed by atoms with Crippen molar-refractivity contribution in [3.05, 3.63) is 93.3 Å². The number of hydrogen-bond acceptors (Lipinski definition) is 6. The number of fused-ring (bicyclic) bond motifs is 1. The number of allylic oxidation sites excluding steroid dienone is 2. The average Bonchev–Trinajstić information content (AvgIpc) is 3.06. The largest absolute Gasteiger partial charge is 0.466 e. The zero-order valence-corrected chi connectivity index (χ0v) is 19.0. The van der Waals surface area contributed by atoms with Gasteiger partial charge in [0.1, 0.15) is 0 Å². The number of rotatable bonds is 7. The Kier molecular flexibility index (Phi) is 6.62. The molecular weight excluding hydrogens is 444 g/mol. The first kappa shape index (κ1) is 22.8. The van der Waals surface area contributed by atoms with E-state index in [1.54, 1.807) is 37.3 Å². The maximum atomic E-state index is 12.5. The summed E-state index contributed by atoms with van der Waals surface area (Å²) < 4.78 is 10.7. The standard InChI is InChI=1S/C25H23ClN2O5/c1-15-22(25(31)32-2)20(17-7-5-6-10-21(17)26)13-16(27-15)14-33-12-11-28-23(29)18-8-3-4-9-19(18)24(28)30/h3-10,13,20,27H,11-12,14H2,1-2H3. The normalized spacial score (nSPS) is 17.6. The Morgan fingerprint density at radius 1 is 1.06 bits per heavy atom. The maximum absolute atomic E-state index is 12.5. The van der Waals surface area contributed by atoms with Gasteiger partial charge in [0.2, 0.25) is 0 Å². The number of dihydropyridines is 1. The van der Waals surface area contributed by atoms with Crippen LogP contribution in [0.3, 0.4) is 0 Å². The van der Waals surface area contributed by atoms with Gasteiger partial charge in [0, 0.05) is 22.3 Å². The minimum absolute atomic E-state index is 0.149. The van der Waals surface area contributed by atoms with Gasteiger partial charge in [0.05, 0.1) is 43.6 Å². The van der Waals surface area contributed by atoms with Crippen molar-refractivity contribution in [3.63, 3.8) is 0 Å². The summed E-state index contributed by atoms with van der Waals surface area (Å²) in [4.78, 5) is 38.6. The smallest absolute Gasteiger partial charge is 0.336 e. The lowest BCUT2D eigenvalue weighted by molar-refractivity contribution is -0.136. The van der Waals surface area contributed by atoms with E-state index in [1.807, 2.05) is 24.3 Å². The molecule has 2 aliphatic rings. The van der Waals surface area contributed by atoms with Crippen LogP contribution in [0, 0.1) is 0 Å². The van der Waals surface area contributed by atoms with Gasteiger partial charge < -0.3 is 14.8 Å². The van der Waals surface area contributed by atoms with Gasteiger partial charge in [-0.25, -0.2) is 4.79 Å². The van der Waals surface area contributed by atoms with Gasteiger partial charge >= 0.3 is 5.97 Å². The molecule has 2 aromatic carbocycles. The second-order valence-electron chi connectivity index (χ2n) is 7.71. The number of imide groups is 1. The second kappa shape index (κ2) is 9.60. The molecule has 33 heavy (non-hydrogen) atoms. The Morgan fingerprint density at radius 3 is 2.33 bits per heavy atom. The number of nitrogens with one attached hydrogen (secondary N) is 1. The van der Waals surface area contributed by atoms with Crippen molar-refractivity contribution in [2.75, 3.05) is 26.9 Å². The van der Waals surface area contributed by atoms with Gasteiger partial charge in [0.25, 0.3) is 11.8 Å². The zero-order valence-electron chi connectivity index (χ0n) is 18.3. The summed E-state index contributed by atoms with van der Waals surface area (Å²) >= 11 is 6.41. The van der Waals surface area contributed by atoms with Gasteiger partial charge in [0.15, 0.2) is 0 Å². The summed E-state index contributed by atoms with van der Waals surface area (Å²) in [7, 11) is 1.34. The molecule has 0 spiro atoms. The summed E-state index contributed by atoms with van der Waals surface area (Å²) in [5.41, 5.74) is 3.47. The van der Waals surface area contributed by atoms with E-state index in [-0.39, 0.29) is 31.6 Å². The molecule has 2 amide bonds. The molecular formula is C25H23ClN2O5. The summed E-state index contributed by atoms with van der Waals surface area (Å²) in [6.45, 7) is 2.32. The fourth-order valence-electron chi connectivity index (χ4n) is 4.09. The van der Waals surface area contributed by atoms with E-state index in [1.165, 1.54) is 12.0 Å². The fraction of sp³-hybridized carbons (Fsp3) is 0.240. The molecule has 7 nitrogen and oxygen atoms in total. The molecule has 0 bridgehead atoms. The molecule has 0 saturated heterocycles. The SMILES string of the molecule is COC(=O)C1=C(C)NC(COCCN2C(=O)c3ccccc3C2=O)=CC1c1ccccc1Cl. The lowest BCUT2D eigenvalue weighted by Crippen LogP contribution is -2.33. The first-order valence-electron chi connectivity index (χ1n) is 10.5. The molecule has 2 heterocycles. The van der Waals surface area contributed by atoms with Gasteiger partial charge in [-0.2, -0.15) is 0 Å². The van der Waals surface area contributed by atoms with Gasteiger partial charge in [-0.1, -0.05) is 48.0 Å². The number of esters is 1. The van der Waals surface area contributed by atoms with E-state index in [0.29, 0.717) is 27.4 Å². The third-order valence-electron chi connectivity index (χ3n) is 5.67. The number of methoxy groups -OCH3 is 1. The van der Waals surface area contributed by atoms with Gasteiger partial charge in [-0.05, 0) is 30.7 Å². The van der Waals surface area contributed by atoms with Crippen LogP contribution in [0.15, 0.2) is 71.6 Å². The van der Waals surface area contributed by atoms with E-state index in [4.69, 9.17) is 21.1 Å². The molecule has 0 aliphatic carbocycles. The molecule has 0 saturated carbocycles. The Hall–Kier alpha value is -3.42. The lowest BCUT2D eigenvalue weighted by Gasteiger charge is -2.27. The Morgan fingerprint density at radius 2 is 1.70 bits per heavy atom. The molecule has 0 fully saturated rings. The monoisotopic (exact) mass is 466 g/mol. The third kappa shape index (κ3) is 4.42. The molecule has 1 N–H and O–H groups in total. The van der Waals surface area contributed by atoms with Crippen molar-refractivity contribution in [1.82, 2.24) is 10.2 Å². The molecule has 4 rings (SSSR count). The summed E-state index contributed by atoms with van der Waals surface area (Å²) in [5, 5.41) is 3.73. The minimum Gasteiger partial charge on any atom is -0.466 e. The average molecular weight is 467 g/mol. The first-order chi connectivity index (χ1) is 15.9. The van der Waals surface area contributed by atoms with Crippen LogP contribution in [0.2, 0.25) is 5.02 Å². The van der Waals surface area contributed by atoms with Crippen LogP contribution in [0.4, 0.5) is 0 Å². The summed E-state index contributed by atoms with van der Waals surface area (Å²) in [5.74, 6) is -1.46. The van der Waals surface area contributed by atoms with Crippen LogP contribution in [-0.4, -0.2) is 49.6 Å².